The maximum absolute atomic E-state index is 16.4. The van der Waals surface area contributed by atoms with E-state index in [1.807, 2.05) is 0 Å². The van der Waals surface area contributed by atoms with Gasteiger partial charge in [0.05, 0.1) is 0 Å². The normalized spacial score (nSPS) is 14.9. The van der Waals surface area contributed by atoms with Gasteiger partial charge in [-0.15, -0.1) is 11.5 Å². The lowest BCUT2D eigenvalue weighted by Crippen LogP contribution is -2.45. The molecule has 12 bridgehead atoms. The van der Waals surface area contributed by atoms with Gasteiger partial charge in [0.25, 0.3) is 0 Å². The van der Waals surface area contributed by atoms with Crippen LogP contribution in [0.2, 0.25) is 0 Å². The minimum atomic E-state index is -2.19. The zero-order valence-electron chi connectivity index (χ0n) is 55.1. The van der Waals surface area contributed by atoms with E-state index in [2.05, 4.69) is 75.7 Å². The number of aromatic nitrogens is 6. The predicted molar refractivity (Wildman–Crippen MR) is 380 cm³/mol. The third-order valence-corrected chi connectivity index (χ3v) is 21.6. The fourth-order valence-electron chi connectivity index (χ4n) is 15.4. The Morgan fingerprint density at radius 1 is 0.211 bits per heavy atom. The van der Waals surface area contributed by atoms with E-state index >= 15 is 4.32 Å². The summed E-state index contributed by atoms with van der Waals surface area (Å²) in [5, 5.41) is 1.03. The Morgan fingerprint density at radius 3 is 0.711 bits per heavy atom. The fraction of sp³-hybridized carbons (Fsp3) is 0. The van der Waals surface area contributed by atoms with Crippen molar-refractivity contribution in [2.24, 2.45) is 59.9 Å². The maximum atomic E-state index is 16.4. The van der Waals surface area contributed by atoms with Crippen LogP contribution in [0, 0.1) is 105 Å². The monoisotopic (exact) mass is 1640 g/mol. The van der Waals surface area contributed by atoms with E-state index in [1.165, 1.54) is 17.9 Å². The summed E-state index contributed by atoms with van der Waals surface area (Å²) in [5.74, 6) is -22.9. The molecule has 0 saturated heterocycles. The van der Waals surface area contributed by atoms with Crippen molar-refractivity contribution in [1.82, 2.24) is 26.9 Å². The molecule has 0 N–H and O–H groups in total. The van der Waals surface area contributed by atoms with Gasteiger partial charge in [-0.25, -0.2) is 139 Å². The van der Waals surface area contributed by atoms with Crippen molar-refractivity contribution >= 4 is 181 Å². The first-order valence-electron chi connectivity index (χ1n) is 33.0. The van der Waals surface area contributed by atoms with Crippen molar-refractivity contribution in [3.05, 3.63) is 280 Å². The van der Waals surface area contributed by atoms with Crippen LogP contribution in [-0.4, -0.2) is 81.3 Å². The molecule has 0 aliphatic carbocycles. The molecule has 114 heavy (non-hydrogen) atoms. The summed E-state index contributed by atoms with van der Waals surface area (Å²) in [4.78, 5) is 53.5. The Bertz CT molecular complexity index is 7280. The molecule has 0 saturated carbocycles. The summed E-state index contributed by atoms with van der Waals surface area (Å²) < 4.78 is 282. The van der Waals surface area contributed by atoms with Crippen molar-refractivity contribution in [2.45, 2.75) is 0 Å². The number of hydrogen-bond acceptors (Lipinski definition) is 12. The Labute approximate surface area is 628 Å². The molecule has 42 heteroatoms. The zero-order valence-corrected chi connectivity index (χ0v) is 57.5. The molecule has 552 valence electrons. The lowest BCUT2D eigenvalue weighted by atomic mass is 10.0. The van der Waals surface area contributed by atoms with E-state index in [4.69, 9.17) is 11.5 Å². The minimum Gasteiger partial charge on any atom is -0.323 e. The number of halogens is 21. The molecule has 24 rings (SSSR count). The summed E-state index contributed by atoms with van der Waals surface area (Å²) in [6, 6.07) is 16.0. The highest BCUT2D eigenvalue weighted by atomic mass is 79.9. The highest BCUT2D eigenvalue weighted by molar-refractivity contribution is 9.24. The number of rotatable bonds is 0. The average molecular weight is 1640 g/mol. The topological polar surface area (TPSA) is 178 Å². The number of benzene rings is 9. The lowest BCUT2D eigenvalue weighted by molar-refractivity contribution is 0.508. The minimum absolute atomic E-state index is 0.000961. The highest BCUT2D eigenvalue weighted by Gasteiger charge is 2.43. The fourth-order valence-corrected chi connectivity index (χ4v) is 16.6. The number of amidine groups is 6. The largest absolute Gasteiger partial charge is 0.601 e. The van der Waals surface area contributed by atoms with Gasteiger partial charge in [-0.05, 0) is 109 Å². The first kappa shape index (κ1) is 67.6. The van der Waals surface area contributed by atoms with Crippen LogP contribution in [0.25, 0.3) is 64.6 Å². The van der Waals surface area contributed by atoms with Crippen molar-refractivity contribution in [3.8, 4) is 0 Å². The second kappa shape index (κ2) is 22.9. The Kier molecular flexibility index (Phi) is 13.6. The molecule has 0 unspecified atom stereocenters. The third kappa shape index (κ3) is 9.04. The van der Waals surface area contributed by atoms with Gasteiger partial charge in [-0.1, -0.05) is 15.8 Å². The summed E-state index contributed by atoms with van der Waals surface area (Å²) in [5.41, 5.74) is 0.262. The second-order valence-corrected chi connectivity index (χ2v) is 27.8. The summed E-state index contributed by atoms with van der Waals surface area (Å²) in [7, 11) is -2.19. The molecule has 9 aliphatic rings. The molecular formula is C72H18B3BrClF19N18. The van der Waals surface area contributed by atoms with Crippen LogP contribution in [0.15, 0.2) is 169 Å². The summed E-state index contributed by atoms with van der Waals surface area (Å²) >= 11 is 10.5. The highest BCUT2D eigenvalue weighted by Crippen LogP contribution is 2.47. The van der Waals surface area contributed by atoms with Crippen molar-refractivity contribution in [2.75, 3.05) is 0 Å². The van der Waals surface area contributed by atoms with Crippen LogP contribution < -0.4 is 32.9 Å². The molecule has 0 radical (unpaired) electrons. The van der Waals surface area contributed by atoms with Crippen LogP contribution in [0.4, 0.5) is 118 Å². The molecule has 6 aromatic heterocycles. The molecule has 15 heterocycles. The third-order valence-electron chi connectivity index (χ3n) is 20.4. The summed E-state index contributed by atoms with van der Waals surface area (Å²) in [6.45, 7) is 0. The number of nitrogens with zero attached hydrogens (tertiary/aromatic N) is 18. The van der Waals surface area contributed by atoms with Gasteiger partial charge in [-0.2, -0.15) is 0 Å². The summed E-state index contributed by atoms with van der Waals surface area (Å²) in [6.07, 6.45) is -1.22. The zero-order chi connectivity index (χ0) is 78.6. The molecule has 0 atom stereocenters. The first-order chi connectivity index (χ1) is 54.6. The average Bonchev–Trinajstić information content (AvgIpc) is 1.55. The predicted octanol–water partition coefficient (Wildman–Crippen LogP) is 14.2. The van der Waals surface area contributed by atoms with E-state index < -0.39 is 124 Å². The standard InChI is InChI=1S/C24H6BBrF6N6.C24H6BClF6N6.C24H6BF7N6/c2*26-25-37-21-9-3-15(29)17(31)5-11(9)23(37)36-24-12-6-18(32)16(30)4-10(12)22(38(24)25)35-20-8-2-14(28)13(27)1-7(8)19(33-20)34-21;26-13-1-7-8(2-14(13)27)20-33-19(7)34-21-9-3-15(28)17(30)5-11(9)23-36-24-12-6-18(31)16(29)4-10(12)22(35-20)38(24)25(32)37(21)23/h3*1-6H. The van der Waals surface area contributed by atoms with Gasteiger partial charge in [0.1, 0.15) is 67.8 Å². The van der Waals surface area contributed by atoms with Gasteiger partial charge >= 0.3 is 19.5 Å². The quantitative estimate of drug-likeness (QED) is 0.104. The van der Waals surface area contributed by atoms with Crippen molar-refractivity contribution in [3.63, 3.8) is 0 Å². The molecule has 15 aromatic rings. The van der Waals surface area contributed by atoms with Gasteiger partial charge in [0, 0.05) is 98.0 Å². The van der Waals surface area contributed by atoms with Crippen LogP contribution in [0.5, 0.6) is 0 Å². The number of hydrogen-bond donors (Lipinski definition) is 0. The van der Waals surface area contributed by atoms with E-state index in [0.717, 1.165) is 118 Å². The van der Waals surface area contributed by atoms with Crippen LogP contribution >= 0.6 is 27.2 Å². The Balaban J connectivity index is 0.000000104. The maximum Gasteiger partial charge on any atom is 0.601 e. The van der Waals surface area contributed by atoms with Crippen LogP contribution in [-0.2, 0) is 0 Å². The van der Waals surface area contributed by atoms with Crippen molar-refractivity contribution in [1.29, 1.82) is 0 Å². The molecule has 0 fully saturated rings. The molecule has 0 amide bonds. The molecule has 9 aliphatic heterocycles. The molecular weight excluding hydrogens is 1630 g/mol. The van der Waals surface area contributed by atoms with E-state index in [9.17, 15) is 79.0 Å². The van der Waals surface area contributed by atoms with E-state index in [1.54, 1.807) is 0 Å². The van der Waals surface area contributed by atoms with Gasteiger partial charge in [0.2, 0.25) is 0 Å². The molecule has 9 aromatic carbocycles. The van der Waals surface area contributed by atoms with E-state index in [0.29, 0.717) is 0 Å². The molecule has 18 nitrogen and oxygen atoms in total. The number of aliphatic imine (C=N–C) groups is 6. The van der Waals surface area contributed by atoms with Gasteiger partial charge < -0.3 is 26.9 Å². The SMILES string of the molecule is FB1n2c3c4cc(F)c(F)cc4c2N=c2c4cc(F)c(F)cc4c(n21)=NC1=NC(=N3)c2cc(F)c(F)cc21.Fc1cc2c(cc1F)C1=Nc3c4cc(F)c(F)cc4c4n3B(Br)n3c(c5cc(F)c(F)cc5c3=N4)=NC2=N1.Fc1cc2c(cc1F)C1=Nc3c4cc(F)c(F)cc4c4n3B(Cl)n3c(c5cc(F)c(F)cc5c3=N4)=NC2=N1. The smallest absolute Gasteiger partial charge is 0.323 e. The van der Waals surface area contributed by atoms with Crippen LogP contribution in [0.3, 0.4) is 0 Å². The Morgan fingerprint density at radius 2 is 0.404 bits per heavy atom. The first-order valence-corrected chi connectivity index (χ1v) is 34.4. The van der Waals surface area contributed by atoms with Crippen molar-refractivity contribution < 1.29 is 83.3 Å². The Hall–Kier alpha value is -13.3. The number of fused-ring (bicyclic) bond motifs is 30. The lowest BCUT2D eigenvalue weighted by Gasteiger charge is -2.18. The molecule has 0 spiro atoms. The second-order valence-electron chi connectivity index (χ2n) is 26.6. The van der Waals surface area contributed by atoms with Gasteiger partial charge in [-0.3, -0.25) is 4.32 Å². The van der Waals surface area contributed by atoms with Gasteiger partial charge in [0.15, 0.2) is 140 Å². The van der Waals surface area contributed by atoms with Crippen LogP contribution in [0.1, 0.15) is 33.4 Å². The van der Waals surface area contributed by atoms with E-state index in [-0.39, 0.29) is 201 Å².